The highest BCUT2D eigenvalue weighted by atomic mass is 16.2. The van der Waals surface area contributed by atoms with Crippen LogP contribution >= 0.6 is 0 Å². The van der Waals surface area contributed by atoms with E-state index in [2.05, 4.69) is 79.2 Å². The van der Waals surface area contributed by atoms with Gasteiger partial charge in [0.05, 0.1) is 0 Å². The lowest BCUT2D eigenvalue weighted by Crippen LogP contribution is -2.21. The zero-order chi connectivity index (χ0) is 20.8. The number of anilines is 1. The van der Waals surface area contributed by atoms with E-state index in [0.29, 0.717) is 5.92 Å². The topological polar surface area (TPSA) is 50.3 Å². The van der Waals surface area contributed by atoms with Crippen LogP contribution in [0, 0.1) is 19.8 Å². The van der Waals surface area contributed by atoms with E-state index in [4.69, 9.17) is 9.59 Å². The SMILES string of the molecule is Cc1cnc(N2CC[C@@H](C[C@H](C)c3cccc4ccccc34)C2)cc1C.O=C=O. The Morgan fingerprint density at radius 1 is 1.10 bits per heavy atom. The van der Waals surface area contributed by atoms with Crippen molar-refractivity contribution >= 4 is 22.7 Å². The molecule has 150 valence electrons. The van der Waals surface area contributed by atoms with Crippen molar-refractivity contribution in [2.24, 2.45) is 5.92 Å². The average molecular weight is 389 g/mol. The molecule has 0 saturated carbocycles. The Morgan fingerprint density at radius 2 is 1.83 bits per heavy atom. The van der Waals surface area contributed by atoms with Gasteiger partial charge in [0.15, 0.2) is 0 Å². The van der Waals surface area contributed by atoms with E-state index in [1.165, 1.54) is 40.3 Å². The molecular formula is C25H28N2O2. The Balaban J connectivity index is 0.000000755. The summed E-state index contributed by atoms with van der Waals surface area (Å²) < 4.78 is 0. The summed E-state index contributed by atoms with van der Waals surface area (Å²) in [6.45, 7) is 8.95. The van der Waals surface area contributed by atoms with Crippen LogP contribution in [0.25, 0.3) is 10.8 Å². The zero-order valence-electron chi connectivity index (χ0n) is 17.4. The Morgan fingerprint density at radius 3 is 2.59 bits per heavy atom. The van der Waals surface area contributed by atoms with Crippen LogP contribution in [0.4, 0.5) is 5.82 Å². The van der Waals surface area contributed by atoms with E-state index in [1.54, 1.807) is 0 Å². The summed E-state index contributed by atoms with van der Waals surface area (Å²) in [5.41, 5.74) is 4.10. The molecular weight excluding hydrogens is 360 g/mol. The van der Waals surface area contributed by atoms with Crippen molar-refractivity contribution in [3.05, 3.63) is 71.4 Å². The van der Waals surface area contributed by atoms with Crippen molar-refractivity contribution in [1.29, 1.82) is 0 Å². The van der Waals surface area contributed by atoms with Gasteiger partial charge in [-0.05, 0) is 72.1 Å². The molecule has 2 heterocycles. The quantitative estimate of drug-likeness (QED) is 0.609. The van der Waals surface area contributed by atoms with Gasteiger partial charge in [-0.2, -0.15) is 9.59 Å². The molecule has 1 fully saturated rings. The number of aryl methyl sites for hydroxylation is 2. The van der Waals surface area contributed by atoms with Gasteiger partial charge in [0.2, 0.25) is 0 Å². The molecule has 0 spiro atoms. The first-order valence-electron chi connectivity index (χ1n) is 10.2. The molecule has 4 rings (SSSR count). The number of nitrogens with zero attached hydrogens (tertiary/aromatic N) is 2. The molecule has 0 unspecified atom stereocenters. The van der Waals surface area contributed by atoms with Gasteiger partial charge in [0.1, 0.15) is 5.82 Å². The third-order valence-electron chi connectivity index (χ3n) is 6.01. The standard InChI is InChI=1S/C24H28N2.CO2/c1-17-14-24(25-15-19(17)3)26-12-11-20(16-26)13-18(2)22-10-6-8-21-7-4-5-9-23(21)22;2-1-3/h4-10,14-15,18,20H,11-13,16H2,1-3H3;/t18-,20-;/m0./s1. The van der Waals surface area contributed by atoms with Crippen LogP contribution in [0.3, 0.4) is 0 Å². The van der Waals surface area contributed by atoms with E-state index in [9.17, 15) is 0 Å². The number of carbonyl (C=O) groups excluding carboxylic acids is 2. The Hall–Kier alpha value is -2.97. The van der Waals surface area contributed by atoms with Crippen LogP contribution in [0.15, 0.2) is 54.7 Å². The van der Waals surface area contributed by atoms with Crippen LogP contribution < -0.4 is 4.90 Å². The second-order valence-corrected chi connectivity index (χ2v) is 8.02. The summed E-state index contributed by atoms with van der Waals surface area (Å²) in [6.07, 6.45) is 4.77. The fourth-order valence-electron chi connectivity index (χ4n) is 4.32. The number of pyridine rings is 1. The van der Waals surface area contributed by atoms with Gasteiger partial charge in [0.25, 0.3) is 0 Å². The molecule has 1 saturated heterocycles. The van der Waals surface area contributed by atoms with E-state index in [1.807, 2.05) is 6.20 Å². The number of fused-ring (bicyclic) bond motifs is 1. The highest BCUT2D eigenvalue weighted by Gasteiger charge is 2.26. The molecule has 4 nitrogen and oxygen atoms in total. The largest absolute Gasteiger partial charge is 0.373 e. The lowest BCUT2D eigenvalue weighted by atomic mass is 9.87. The van der Waals surface area contributed by atoms with Gasteiger partial charge in [-0.3, -0.25) is 0 Å². The predicted octanol–water partition coefficient (Wildman–Crippen LogP) is 5.29. The van der Waals surface area contributed by atoms with Gasteiger partial charge >= 0.3 is 6.15 Å². The van der Waals surface area contributed by atoms with Crippen molar-refractivity contribution in [3.8, 4) is 0 Å². The molecule has 0 aliphatic carbocycles. The second-order valence-electron chi connectivity index (χ2n) is 8.02. The molecule has 2 aromatic carbocycles. The molecule has 1 aromatic heterocycles. The molecule has 0 radical (unpaired) electrons. The van der Waals surface area contributed by atoms with Crippen molar-refractivity contribution in [1.82, 2.24) is 4.98 Å². The molecule has 1 aliphatic rings. The highest BCUT2D eigenvalue weighted by molar-refractivity contribution is 5.86. The number of hydrogen-bond donors (Lipinski definition) is 0. The van der Waals surface area contributed by atoms with Crippen LogP contribution in [0.1, 0.15) is 42.4 Å². The minimum atomic E-state index is 0.250. The van der Waals surface area contributed by atoms with Crippen LogP contribution in [0.2, 0.25) is 0 Å². The Kier molecular flexibility index (Phi) is 6.79. The van der Waals surface area contributed by atoms with Gasteiger partial charge in [-0.15, -0.1) is 0 Å². The summed E-state index contributed by atoms with van der Waals surface area (Å²) in [4.78, 5) is 23.4. The third-order valence-corrected chi connectivity index (χ3v) is 6.01. The predicted molar refractivity (Wildman–Crippen MR) is 116 cm³/mol. The van der Waals surface area contributed by atoms with Crippen molar-refractivity contribution in [2.45, 2.75) is 39.5 Å². The summed E-state index contributed by atoms with van der Waals surface area (Å²) in [5.74, 6) is 2.47. The minimum absolute atomic E-state index is 0.250. The lowest BCUT2D eigenvalue weighted by Gasteiger charge is -2.21. The molecule has 29 heavy (non-hydrogen) atoms. The van der Waals surface area contributed by atoms with Gasteiger partial charge in [0, 0.05) is 19.3 Å². The lowest BCUT2D eigenvalue weighted by molar-refractivity contribution is -0.191. The van der Waals surface area contributed by atoms with Crippen LogP contribution in [-0.2, 0) is 9.59 Å². The molecule has 0 N–H and O–H groups in total. The molecule has 2 atom stereocenters. The van der Waals surface area contributed by atoms with Crippen molar-refractivity contribution in [2.75, 3.05) is 18.0 Å². The number of benzene rings is 2. The Bertz CT molecular complexity index is 1000. The molecule has 0 amide bonds. The first-order valence-corrected chi connectivity index (χ1v) is 10.2. The van der Waals surface area contributed by atoms with Gasteiger partial charge < -0.3 is 4.90 Å². The summed E-state index contributed by atoms with van der Waals surface area (Å²) in [6, 6.07) is 17.7. The minimum Gasteiger partial charge on any atom is -0.356 e. The molecule has 1 aliphatic heterocycles. The second kappa shape index (κ2) is 9.49. The smallest absolute Gasteiger partial charge is 0.356 e. The van der Waals surface area contributed by atoms with E-state index >= 15 is 0 Å². The van der Waals surface area contributed by atoms with E-state index in [0.717, 1.165) is 24.8 Å². The summed E-state index contributed by atoms with van der Waals surface area (Å²) >= 11 is 0. The third kappa shape index (κ3) is 4.90. The number of rotatable bonds is 4. The van der Waals surface area contributed by atoms with Crippen molar-refractivity contribution in [3.63, 3.8) is 0 Å². The van der Waals surface area contributed by atoms with Gasteiger partial charge in [-0.1, -0.05) is 49.4 Å². The number of aromatic nitrogens is 1. The zero-order valence-corrected chi connectivity index (χ0v) is 17.4. The van der Waals surface area contributed by atoms with E-state index < -0.39 is 0 Å². The fourth-order valence-corrected chi connectivity index (χ4v) is 4.32. The maximum Gasteiger partial charge on any atom is 0.373 e. The van der Waals surface area contributed by atoms with Crippen molar-refractivity contribution < 1.29 is 9.59 Å². The van der Waals surface area contributed by atoms with Crippen LogP contribution in [0.5, 0.6) is 0 Å². The Labute approximate surface area is 172 Å². The molecule has 3 aromatic rings. The maximum atomic E-state index is 8.12. The maximum absolute atomic E-state index is 8.12. The normalized spacial score (nSPS) is 16.8. The van der Waals surface area contributed by atoms with E-state index in [-0.39, 0.29) is 6.15 Å². The monoisotopic (exact) mass is 388 g/mol. The van der Waals surface area contributed by atoms with Crippen LogP contribution in [-0.4, -0.2) is 24.2 Å². The number of hydrogen-bond acceptors (Lipinski definition) is 4. The molecule has 4 heteroatoms. The average Bonchev–Trinajstić information content (AvgIpc) is 3.18. The summed E-state index contributed by atoms with van der Waals surface area (Å²) in [7, 11) is 0. The highest BCUT2D eigenvalue weighted by Crippen LogP contribution is 2.34. The summed E-state index contributed by atoms with van der Waals surface area (Å²) in [5, 5.41) is 2.76. The first kappa shape index (κ1) is 20.8. The first-order chi connectivity index (χ1) is 14.0. The van der Waals surface area contributed by atoms with Gasteiger partial charge in [-0.25, -0.2) is 4.98 Å². The molecule has 0 bridgehead atoms. The fraction of sp³-hybridized carbons (Fsp3) is 0.360.